The van der Waals surface area contributed by atoms with Gasteiger partial charge < -0.3 is 10.2 Å². The van der Waals surface area contributed by atoms with E-state index in [0.29, 0.717) is 18.1 Å². The van der Waals surface area contributed by atoms with Gasteiger partial charge in [0.1, 0.15) is 0 Å². The highest BCUT2D eigenvalue weighted by atomic mass is 16.4. The summed E-state index contributed by atoms with van der Waals surface area (Å²) in [4.78, 5) is 21.9. The molecule has 5 aliphatic rings. The molecule has 5 aliphatic carbocycles. The number of rotatable bonds is 3. The summed E-state index contributed by atoms with van der Waals surface area (Å²) in [7, 11) is 0. The molecule has 0 amide bonds. The molecule has 0 aromatic heterocycles. The summed E-state index contributed by atoms with van der Waals surface area (Å²) in [5.41, 5.74) is 1.89. The molecule has 0 spiro atoms. The average molecular weight is 431 g/mol. The topological polar surface area (TPSA) is 74.6 Å². The van der Waals surface area contributed by atoms with E-state index in [4.69, 9.17) is 5.11 Å². The van der Waals surface area contributed by atoms with Crippen LogP contribution in [0.25, 0.3) is 0 Å². The summed E-state index contributed by atoms with van der Waals surface area (Å²) in [5, 5.41) is 18.8. The molecule has 4 nitrogen and oxygen atoms in total. The number of carbonyl (C=O) groups excluding carboxylic acids is 1. The number of allylic oxidation sites excluding steroid dienone is 1. The number of carboxylic acids is 1. The summed E-state index contributed by atoms with van der Waals surface area (Å²) in [6.07, 6.45) is 17.1. The summed E-state index contributed by atoms with van der Waals surface area (Å²) < 4.78 is 0. The standard InChI is InChI=1S/C19H28O2.C8H14O2/c1-18-9-7-13(20)11-12(18)3-4-14-15-5-6-17(21)19(15,2)10-8-16(14)18;9-8(10)6-5-7-3-1-2-4-7/h11,14-17,21H,3-10H2,1-2H3;7H,1-6H2,(H,9,10)/t14-,15-,16-,17-,18-,19-;/m0./s1. The van der Waals surface area contributed by atoms with E-state index in [1.165, 1.54) is 56.9 Å². The third-order valence-corrected chi connectivity index (χ3v) is 10.2. The maximum absolute atomic E-state index is 11.8. The number of aliphatic carboxylic acids is 1. The van der Waals surface area contributed by atoms with Crippen LogP contribution in [0.5, 0.6) is 0 Å². The number of aliphatic hydroxyl groups excluding tert-OH is 1. The molecule has 174 valence electrons. The van der Waals surface area contributed by atoms with Crippen LogP contribution < -0.4 is 0 Å². The second-order valence-corrected chi connectivity index (χ2v) is 11.7. The van der Waals surface area contributed by atoms with Crippen molar-refractivity contribution in [1.29, 1.82) is 0 Å². The Hall–Kier alpha value is -1.16. The van der Waals surface area contributed by atoms with Gasteiger partial charge in [-0.3, -0.25) is 9.59 Å². The van der Waals surface area contributed by atoms with Crippen LogP contribution in [-0.4, -0.2) is 28.1 Å². The SMILES string of the molecule is C[C@]12CC[C@H]3[C@@H](CCC4=CC(=O)CC[C@@]43C)[C@@H]1CC[C@@H]2O.O=C(O)CCC1CCCC1. The molecule has 4 saturated carbocycles. The van der Waals surface area contributed by atoms with Crippen LogP contribution in [0, 0.1) is 34.5 Å². The van der Waals surface area contributed by atoms with E-state index < -0.39 is 5.97 Å². The van der Waals surface area contributed by atoms with E-state index in [9.17, 15) is 14.7 Å². The van der Waals surface area contributed by atoms with Crippen molar-refractivity contribution in [3.8, 4) is 0 Å². The number of carboxylic acid groups (broad SMARTS) is 1. The lowest BCUT2D eigenvalue weighted by Crippen LogP contribution is -2.51. The summed E-state index contributed by atoms with van der Waals surface area (Å²) in [6.45, 7) is 4.76. The number of hydrogen-bond acceptors (Lipinski definition) is 3. The third-order valence-electron chi connectivity index (χ3n) is 10.2. The van der Waals surface area contributed by atoms with Gasteiger partial charge in [0.05, 0.1) is 6.10 Å². The molecule has 0 aromatic carbocycles. The third kappa shape index (κ3) is 4.38. The van der Waals surface area contributed by atoms with E-state index in [-0.39, 0.29) is 16.9 Å². The van der Waals surface area contributed by atoms with Gasteiger partial charge >= 0.3 is 5.97 Å². The molecular formula is C27H42O4. The molecule has 0 bridgehead atoms. The van der Waals surface area contributed by atoms with Crippen molar-refractivity contribution in [2.45, 2.75) is 110 Å². The minimum atomic E-state index is -0.646. The number of aliphatic hydroxyl groups is 1. The van der Waals surface area contributed by atoms with Crippen LogP contribution in [0.4, 0.5) is 0 Å². The maximum Gasteiger partial charge on any atom is 0.303 e. The first-order chi connectivity index (χ1) is 14.7. The fourth-order valence-corrected chi connectivity index (χ4v) is 8.16. The number of fused-ring (bicyclic) bond motifs is 5. The smallest absolute Gasteiger partial charge is 0.303 e. The van der Waals surface area contributed by atoms with Gasteiger partial charge in [-0.1, -0.05) is 45.1 Å². The molecule has 0 aliphatic heterocycles. The van der Waals surface area contributed by atoms with Gasteiger partial charge in [0.2, 0.25) is 0 Å². The summed E-state index contributed by atoms with van der Waals surface area (Å²) in [6, 6.07) is 0. The molecule has 2 N–H and O–H groups in total. The number of hydrogen-bond donors (Lipinski definition) is 2. The van der Waals surface area contributed by atoms with Crippen LogP contribution in [0.2, 0.25) is 0 Å². The van der Waals surface area contributed by atoms with E-state index in [0.717, 1.165) is 49.9 Å². The first-order valence-electron chi connectivity index (χ1n) is 12.9. The largest absolute Gasteiger partial charge is 0.481 e. The van der Waals surface area contributed by atoms with Gasteiger partial charge in [-0.05, 0) is 91.9 Å². The van der Waals surface area contributed by atoms with Crippen molar-refractivity contribution in [2.75, 3.05) is 0 Å². The Balaban J connectivity index is 0.000000196. The molecule has 0 aromatic rings. The quantitative estimate of drug-likeness (QED) is 0.583. The van der Waals surface area contributed by atoms with Crippen molar-refractivity contribution in [2.24, 2.45) is 34.5 Å². The molecule has 0 saturated heterocycles. The van der Waals surface area contributed by atoms with Crippen molar-refractivity contribution >= 4 is 11.8 Å². The monoisotopic (exact) mass is 430 g/mol. The highest BCUT2D eigenvalue weighted by Crippen LogP contribution is 2.65. The highest BCUT2D eigenvalue weighted by Gasteiger charge is 2.58. The van der Waals surface area contributed by atoms with Crippen molar-refractivity contribution in [3.63, 3.8) is 0 Å². The zero-order chi connectivity index (χ0) is 22.2. The lowest BCUT2D eigenvalue weighted by atomic mass is 9.47. The normalized spacial score (nSPS) is 42.0. The Labute approximate surface area is 187 Å². The predicted octanol–water partition coefficient (Wildman–Crippen LogP) is 5.92. The zero-order valence-electron chi connectivity index (χ0n) is 19.6. The predicted molar refractivity (Wildman–Crippen MR) is 122 cm³/mol. The molecule has 6 atom stereocenters. The van der Waals surface area contributed by atoms with Gasteiger partial charge in [-0.25, -0.2) is 0 Å². The molecule has 4 heteroatoms. The van der Waals surface area contributed by atoms with Crippen molar-refractivity contribution in [1.82, 2.24) is 0 Å². The Bertz CT molecular complexity index is 721. The fourth-order valence-electron chi connectivity index (χ4n) is 8.16. The van der Waals surface area contributed by atoms with Crippen LogP contribution in [0.1, 0.15) is 104 Å². The van der Waals surface area contributed by atoms with E-state index >= 15 is 0 Å². The van der Waals surface area contributed by atoms with E-state index in [1.54, 1.807) is 0 Å². The molecular weight excluding hydrogens is 388 g/mol. The van der Waals surface area contributed by atoms with Crippen LogP contribution in [0.15, 0.2) is 11.6 Å². The molecule has 0 heterocycles. The lowest BCUT2D eigenvalue weighted by Gasteiger charge is -2.57. The summed E-state index contributed by atoms with van der Waals surface area (Å²) >= 11 is 0. The molecule has 0 unspecified atom stereocenters. The van der Waals surface area contributed by atoms with E-state index in [2.05, 4.69) is 13.8 Å². The summed E-state index contributed by atoms with van der Waals surface area (Å²) in [5.74, 6) is 2.65. The van der Waals surface area contributed by atoms with Gasteiger partial charge in [0.25, 0.3) is 0 Å². The fraction of sp³-hybridized carbons (Fsp3) is 0.852. The molecule has 5 rings (SSSR count). The second-order valence-electron chi connectivity index (χ2n) is 11.7. The number of ketones is 1. The molecule has 0 radical (unpaired) electrons. The lowest BCUT2D eigenvalue weighted by molar-refractivity contribution is -0.137. The Kier molecular flexibility index (Phi) is 6.68. The molecule has 31 heavy (non-hydrogen) atoms. The minimum absolute atomic E-state index is 0.0823. The maximum atomic E-state index is 11.8. The van der Waals surface area contributed by atoms with E-state index in [1.807, 2.05) is 6.08 Å². The molecule has 4 fully saturated rings. The van der Waals surface area contributed by atoms with Gasteiger partial charge in [-0.15, -0.1) is 0 Å². The first kappa shape index (κ1) is 23.0. The van der Waals surface area contributed by atoms with Crippen LogP contribution in [0.3, 0.4) is 0 Å². The Morgan fingerprint density at radius 1 is 1.00 bits per heavy atom. The van der Waals surface area contributed by atoms with Gasteiger partial charge in [0.15, 0.2) is 5.78 Å². The van der Waals surface area contributed by atoms with Crippen LogP contribution in [-0.2, 0) is 9.59 Å². The highest BCUT2D eigenvalue weighted by molar-refractivity contribution is 5.91. The number of carbonyl (C=O) groups is 2. The average Bonchev–Trinajstić information content (AvgIpc) is 3.36. The zero-order valence-corrected chi connectivity index (χ0v) is 19.6. The van der Waals surface area contributed by atoms with Crippen molar-refractivity contribution in [3.05, 3.63) is 11.6 Å². The second kappa shape index (κ2) is 9.00. The van der Waals surface area contributed by atoms with Gasteiger partial charge in [0, 0.05) is 12.8 Å². The van der Waals surface area contributed by atoms with Crippen LogP contribution >= 0.6 is 0 Å². The minimum Gasteiger partial charge on any atom is -0.481 e. The Morgan fingerprint density at radius 2 is 1.74 bits per heavy atom. The Morgan fingerprint density at radius 3 is 2.45 bits per heavy atom. The van der Waals surface area contributed by atoms with Crippen molar-refractivity contribution < 1.29 is 19.8 Å². The van der Waals surface area contributed by atoms with Gasteiger partial charge in [-0.2, -0.15) is 0 Å². The first-order valence-corrected chi connectivity index (χ1v) is 12.9.